The van der Waals surface area contributed by atoms with E-state index >= 15 is 0 Å². The van der Waals surface area contributed by atoms with E-state index in [0.29, 0.717) is 24.6 Å². The van der Waals surface area contributed by atoms with Crippen molar-refractivity contribution in [3.8, 4) is 0 Å². The summed E-state index contributed by atoms with van der Waals surface area (Å²) in [4.78, 5) is 32.9. The number of benzene rings is 1. The lowest BCUT2D eigenvalue weighted by Crippen LogP contribution is -2.54. The van der Waals surface area contributed by atoms with Gasteiger partial charge in [0.1, 0.15) is 18.2 Å². The first-order valence-corrected chi connectivity index (χ1v) is 12.8. The van der Waals surface area contributed by atoms with Crippen LogP contribution in [0.3, 0.4) is 0 Å². The molecule has 1 heterocycles. The Morgan fingerprint density at radius 1 is 1.11 bits per heavy atom. The summed E-state index contributed by atoms with van der Waals surface area (Å²) in [5.41, 5.74) is 2.67. The number of aliphatic hydroxyl groups excluding tert-OH is 2. The molecular formula is C28H34F2N2O5. The van der Waals surface area contributed by atoms with Crippen molar-refractivity contribution in [2.24, 2.45) is 28.8 Å². The molecule has 1 saturated heterocycles. The number of hydrogen-bond donors (Lipinski definition) is 2. The van der Waals surface area contributed by atoms with Crippen molar-refractivity contribution in [3.63, 3.8) is 0 Å². The SMILES string of the molecule is CC(C)=CCC/C(C)=C/CO/N=C1\C[C@@H](O)[C@@H](O)[C@@H]2[C@@H]3C(=O)N(c4ccc(F)cc4F)C(=O)[C@@H]3CC[C@@H]12. The van der Waals surface area contributed by atoms with Crippen molar-refractivity contribution in [1.82, 2.24) is 0 Å². The Labute approximate surface area is 215 Å². The van der Waals surface area contributed by atoms with Crippen molar-refractivity contribution in [3.05, 3.63) is 53.1 Å². The van der Waals surface area contributed by atoms with Crippen LogP contribution in [0.25, 0.3) is 0 Å². The molecule has 3 aliphatic rings. The third-order valence-electron chi connectivity index (χ3n) is 7.71. The number of imide groups is 1. The van der Waals surface area contributed by atoms with Crippen LogP contribution in [0, 0.1) is 35.3 Å². The van der Waals surface area contributed by atoms with Gasteiger partial charge in [-0.05, 0) is 64.7 Å². The van der Waals surface area contributed by atoms with Crippen LogP contribution < -0.4 is 4.90 Å². The van der Waals surface area contributed by atoms with E-state index in [9.17, 15) is 28.6 Å². The van der Waals surface area contributed by atoms with Gasteiger partial charge in [-0.2, -0.15) is 0 Å². The molecular weight excluding hydrogens is 482 g/mol. The average Bonchev–Trinajstić information content (AvgIpc) is 3.09. The maximum absolute atomic E-state index is 14.5. The minimum atomic E-state index is -1.25. The summed E-state index contributed by atoms with van der Waals surface area (Å²) < 4.78 is 27.9. The van der Waals surface area contributed by atoms with Crippen LogP contribution in [0.2, 0.25) is 0 Å². The summed E-state index contributed by atoms with van der Waals surface area (Å²) in [6.07, 6.45) is 4.46. The molecule has 0 radical (unpaired) electrons. The number of allylic oxidation sites excluding steroid dienone is 3. The predicted molar refractivity (Wildman–Crippen MR) is 134 cm³/mol. The number of halogens is 2. The lowest BCUT2D eigenvalue weighted by Gasteiger charge is -2.45. The van der Waals surface area contributed by atoms with Gasteiger partial charge in [-0.1, -0.05) is 22.4 Å². The predicted octanol–water partition coefficient (Wildman–Crippen LogP) is 4.29. The molecule has 0 aromatic heterocycles. The highest BCUT2D eigenvalue weighted by Gasteiger charge is 2.60. The number of amides is 2. The van der Waals surface area contributed by atoms with E-state index in [1.165, 1.54) is 11.1 Å². The fraction of sp³-hybridized carbons (Fsp3) is 0.536. The Hall–Kier alpha value is -2.91. The van der Waals surface area contributed by atoms with Gasteiger partial charge in [0.25, 0.3) is 0 Å². The van der Waals surface area contributed by atoms with Gasteiger partial charge in [0.05, 0.1) is 35.4 Å². The molecule has 2 amide bonds. The van der Waals surface area contributed by atoms with E-state index in [1.54, 1.807) is 0 Å². The lowest BCUT2D eigenvalue weighted by atomic mass is 9.60. The van der Waals surface area contributed by atoms with Crippen LogP contribution in [-0.2, 0) is 14.4 Å². The summed E-state index contributed by atoms with van der Waals surface area (Å²) in [5, 5.41) is 25.7. The Morgan fingerprint density at radius 2 is 1.84 bits per heavy atom. The zero-order valence-electron chi connectivity index (χ0n) is 21.4. The zero-order chi connectivity index (χ0) is 26.9. The van der Waals surface area contributed by atoms with Gasteiger partial charge >= 0.3 is 0 Å². The molecule has 0 bridgehead atoms. The van der Waals surface area contributed by atoms with E-state index in [4.69, 9.17) is 4.84 Å². The highest BCUT2D eigenvalue weighted by Crippen LogP contribution is 2.50. The first kappa shape index (κ1) is 27.1. The van der Waals surface area contributed by atoms with Crippen molar-refractivity contribution in [2.45, 2.75) is 65.1 Å². The van der Waals surface area contributed by atoms with Crippen molar-refractivity contribution < 1.29 is 33.4 Å². The summed E-state index contributed by atoms with van der Waals surface area (Å²) >= 11 is 0. The standard InChI is InChI=1S/C28H34F2N2O5/c1-15(2)5-4-6-16(3)11-12-37-31-21-14-23(33)26(34)24-18(21)8-9-19-25(24)28(36)32(27(19)35)22-10-7-17(29)13-20(22)30/h5,7,10-11,13,18-19,23-26,33-34H,4,6,8-9,12,14H2,1-3H3/b16-11+,31-21+/t18-,19+,23+,24-,25+,26+/m0/s1. The normalized spacial score (nSPS) is 30.8. The third-order valence-corrected chi connectivity index (χ3v) is 7.71. The molecule has 9 heteroatoms. The molecule has 6 atom stereocenters. The molecule has 1 aliphatic heterocycles. The molecule has 3 fully saturated rings. The molecule has 0 spiro atoms. The van der Waals surface area contributed by atoms with Crippen LogP contribution in [0.1, 0.15) is 52.9 Å². The largest absolute Gasteiger partial charge is 0.392 e. The molecule has 1 aromatic rings. The number of oxime groups is 1. The summed E-state index contributed by atoms with van der Waals surface area (Å²) in [6, 6.07) is 2.68. The Morgan fingerprint density at radius 3 is 2.54 bits per heavy atom. The van der Waals surface area contributed by atoms with E-state index < -0.39 is 53.4 Å². The number of rotatable bonds is 7. The summed E-state index contributed by atoms with van der Waals surface area (Å²) in [5.74, 6) is -5.89. The molecule has 2 aliphatic carbocycles. The van der Waals surface area contributed by atoms with Gasteiger partial charge in [-0.25, -0.2) is 13.7 Å². The topological polar surface area (TPSA) is 99.4 Å². The Balaban J connectivity index is 1.51. The molecule has 1 aromatic carbocycles. The average molecular weight is 517 g/mol. The first-order valence-electron chi connectivity index (χ1n) is 12.8. The van der Waals surface area contributed by atoms with E-state index in [1.807, 2.05) is 13.0 Å². The number of anilines is 1. The number of aliphatic hydroxyl groups is 2. The number of carbonyl (C=O) groups excluding carboxylic acids is 2. The number of fused-ring (bicyclic) bond motifs is 3. The van der Waals surface area contributed by atoms with Crippen LogP contribution in [0.5, 0.6) is 0 Å². The zero-order valence-corrected chi connectivity index (χ0v) is 21.4. The van der Waals surface area contributed by atoms with Crippen LogP contribution in [0.4, 0.5) is 14.5 Å². The molecule has 2 saturated carbocycles. The van der Waals surface area contributed by atoms with Gasteiger partial charge in [0.2, 0.25) is 11.8 Å². The second-order valence-corrected chi connectivity index (χ2v) is 10.5. The molecule has 7 nitrogen and oxygen atoms in total. The fourth-order valence-corrected chi connectivity index (χ4v) is 5.86. The second kappa shape index (κ2) is 11.2. The van der Waals surface area contributed by atoms with Crippen molar-refractivity contribution in [1.29, 1.82) is 0 Å². The Kier molecular flexibility index (Phi) is 8.23. The highest BCUT2D eigenvalue weighted by molar-refractivity contribution is 6.22. The van der Waals surface area contributed by atoms with Crippen LogP contribution >= 0.6 is 0 Å². The van der Waals surface area contributed by atoms with Crippen LogP contribution in [-0.4, -0.2) is 46.6 Å². The number of hydrogen-bond acceptors (Lipinski definition) is 6. The first-order chi connectivity index (χ1) is 17.6. The monoisotopic (exact) mass is 516 g/mol. The van der Waals surface area contributed by atoms with Crippen LogP contribution in [0.15, 0.2) is 46.7 Å². The molecule has 2 N–H and O–H groups in total. The lowest BCUT2D eigenvalue weighted by molar-refractivity contribution is -0.132. The van der Waals surface area contributed by atoms with Gasteiger partial charge in [0.15, 0.2) is 0 Å². The molecule has 200 valence electrons. The summed E-state index contributed by atoms with van der Waals surface area (Å²) in [6.45, 7) is 6.39. The minimum absolute atomic E-state index is 0.0986. The minimum Gasteiger partial charge on any atom is -0.392 e. The molecule has 4 rings (SSSR count). The highest BCUT2D eigenvalue weighted by atomic mass is 19.1. The fourth-order valence-electron chi connectivity index (χ4n) is 5.86. The van der Waals surface area contributed by atoms with Gasteiger partial charge < -0.3 is 15.1 Å². The van der Waals surface area contributed by atoms with Gasteiger partial charge in [-0.3, -0.25) is 9.59 Å². The summed E-state index contributed by atoms with van der Waals surface area (Å²) in [7, 11) is 0. The van der Waals surface area contributed by atoms with E-state index in [0.717, 1.165) is 29.9 Å². The Bertz CT molecular complexity index is 1140. The van der Waals surface area contributed by atoms with Gasteiger partial charge in [-0.15, -0.1) is 0 Å². The van der Waals surface area contributed by atoms with E-state index in [2.05, 4.69) is 25.1 Å². The number of nitrogens with zero attached hydrogens (tertiary/aromatic N) is 2. The second-order valence-electron chi connectivity index (χ2n) is 10.5. The molecule has 37 heavy (non-hydrogen) atoms. The maximum atomic E-state index is 14.5. The quantitative estimate of drug-likeness (QED) is 0.244. The third kappa shape index (κ3) is 5.52. The van der Waals surface area contributed by atoms with Gasteiger partial charge in [0, 0.05) is 24.3 Å². The number of carbonyl (C=O) groups is 2. The maximum Gasteiger partial charge on any atom is 0.238 e. The van der Waals surface area contributed by atoms with Crippen molar-refractivity contribution >= 4 is 23.2 Å². The smallest absolute Gasteiger partial charge is 0.238 e. The van der Waals surface area contributed by atoms with Crippen molar-refractivity contribution in [2.75, 3.05) is 11.5 Å². The van der Waals surface area contributed by atoms with E-state index in [-0.39, 0.29) is 24.6 Å². The molecule has 0 unspecified atom stereocenters.